The number of hydrogen-bond acceptors (Lipinski definition) is 2. The lowest BCUT2D eigenvalue weighted by molar-refractivity contribution is 0.295. The standard InChI is InChI=1S/C18H19N.C3H8O/c1-14(2)19-18(17-12-8-5-9-13-17)15(3)16-10-6-4-7-11-16;1-2-3-4/h4-13H,1-3H3;4H,2-3H2,1H3/b18-15+;. The molecule has 0 amide bonds. The number of aliphatic imine (C=N–C) groups is 1. The summed E-state index contributed by atoms with van der Waals surface area (Å²) in [5.41, 5.74) is 5.69. The minimum absolute atomic E-state index is 0.319. The molecule has 0 unspecified atom stereocenters. The zero-order chi connectivity index (χ0) is 17.1. The zero-order valence-corrected chi connectivity index (χ0v) is 14.6. The average Bonchev–Trinajstić information content (AvgIpc) is 2.60. The lowest BCUT2D eigenvalue weighted by Gasteiger charge is -2.09. The predicted molar refractivity (Wildman–Crippen MR) is 102 cm³/mol. The van der Waals surface area contributed by atoms with E-state index >= 15 is 0 Å². The molecule has 1 N–H and O–H groups in total. The summed E-state index contributed by atoms with van der Waals surface area (Å²) in [6.45, 7) is 8.44. The molecule has 0 aliphatic carbocycles. The van der Waals surface area contributed by atoms with Gasteiger partial charge in [-0.15, -0.1) is 0 Å². The van der Waals surface area contributed by atoms with E-state index in [9.17, 15) is 0 Å². The van der Waals surface area contributed by atoms with Crippen molar-refractivity contribution in [3.63, 3.8) is 0 Å². The first-order chi connectivity index (χ1) is 11.1. The Morgan fingerprint density at radius 1 is 0.826 bits per heavy atom. The number of allylic oxidation sites excluding steroid dienone is 1. The Morgan fingerprint density at radius 2 is 1.26 bits per heavy atom. The van der Waals surface area contributed by atoms with Gasteiger partial charge in [0.25, 0.3) is 0 Å². The molecule has 2 rings (SSSR count). The van der Waals surface area contributed by atoms with E-state index in [0.29, 0.717) is 6.61 Å². The van der Waals surface area contributed by atoms with Crippen molar-refractivity contribution in [2.45, 2.75) is 34.1 Å². The predicted octanol–water partition coefficient (Wildman–Crippen LogP) is 5.44. The van der Waals surface area contributed by atoms with Gasteiger partial charge in [-0.3, -0.25) is 4.99 Å². The van der Waals surface area contributed by atoms with E-state index in [4.69, 9.17) is 10.1 Å². The zero-order valence-electron chi connectivity index (χ0n) is 14.6. The van der Waals surface area contributed by atoms with Crippen LogP contribution in [0.5, 0.6) is 0 Å². The van der Waals surface area contributed by atoms with Crippen LogP contribution in [0, 0.1) is 0 Å². The van der Waals surface area contributed by atoms with Gasteiger partial charge >= 0.3 is 0 Å². The van der Waals surface area contributed by atoms with Gasteiger partial charge in [-0.25, -0.2) is 0 Å². The van der Waals surface area contributed by atoms with Gasteiger partial charge in [-0.1, -0.05) is 67.6 Å². The van der Waals surface area contributed by atoms with Crippen LogP contribution in [0.3, 0.4) is 0 Å². The molecule has 2 nitrogen and oxygen atoms in total. The molecule has 23 heavy (non-hydrogen) atoms. The van der Waals surface area contributed by atoms with E-state index in [-0.39, 0.29) is 0 Å². The van der Waals surface area contributed by atoms with E-state index in [2.05, 4.69) is 43.3 Å². The Labute approximate surface area is 140 Å². The van der Waals surface area contributed by atoms with E-state index in [1.54, 1.807) is 0 Å². The summed E-state index contributed by atoms with van der Waals surface area (Å²) in [5.74, 6) is 0. The van der Waals surface area contributed by atoms with Gasteiger partial charge < -0.3 is 5.11 Å². The van der Waals surface area contributed by atoms with Crippen LogP contribution in [0.25, 0.3) is 11.3 Å². The fourth-order valence-electron chi connectivity index (χ4n) is 2.01. The number of hydrogen-bond donors (Lipinski definition) is 1. The maximum Gasteiger partial charge on any atom is 0.0736 e. The van der Waals surface area contributed by atoms with Gasteiger partial charge in [0.05, 0.1) is 5.70 Å². The summed E-state index contributed by atoms with van der Waals surface area (Å²) in [6, 6.07) is 20.7. The van der Waals surface area contributed by atoms with Crippen molar-refractivity contribution in [3.8, 4) is 0 Å². The molecule has 0 atom stereocenters. The molecule has 0 aliphatic rings. The fraction of sp³-hybridized carbons (Fsp3) is 0.286. The molecule has 0 saturated carbocycles. The highest BCUT2D eigenvalue weighted by Crippen LogP contribution is 2.27. The highest BCUT2D eigenvalue weighted by molar-refractivity contribution is 5.95. The first kappa shape index (κ1) is 18.9. The topological polar surface area (TPSA) is 32.6 Å². The smallest absolute Gasteiger partial charge is 0.0736 e. The van der Waals surface area contributed by atoms with Gasteiger partial charge in [-0.2, -0.15) is 0 Å². The molecular weight excluding hydrogens is 282 g/mol. The number of aliphatic hydroxyl groups excluding tert-OH is 1. The van der Waals surface area contributed by atoms with Crippen molar-refractivity contribution in [1.82, 2.24) is 0 Å². The molecule has 2 aromatic rings. The molecule has 0 spiro atoms. The summed E-state index contributed by atoms with van der Waals surface area (Å²) in [4.78, 5) is 4.72. The van der Waals surface area contributed by atoms with Crippen molar-refractivity contribution in [1.29, 1.82) is 0 Å². The fourth-order valence-corrected chi connectivity index (χ4v) is 2.01. The second kappa shape index (κ2) is 10.5. The molecule has 0 aromatic heterocycles. The van der Waals surface area contributed by atoms with Gasteiger partial charge in [-0.05, 0) is 38.3 Å². The molecule has 2 aromatic carbocycles. The lowest BCUT2D eigenvalue weighted by Crippen LogP contribution is -1.91. The first-order valence-corrected chi connectivity index (χ1v) is 8.04. The van der Waals surface area contributed by atoms with Crippen LogP contribution in [0.15, 0.2) is 65.7 Å². The summed E-state index contributed by atoms with van der Waals surface area (Å²) in [6.07, 6.45) is 0.875. The third kappa shape index (κ3) is 6.62. The second-order valence-electron chi connectivity index (χ2n) is 5.49. The average molecular weight is 309 g/mol. The summed E-state index contributed by atoms with van der Waals surface area (Å²) >= 11 is 0. The van der Waals surface area contributed by atoms with E-state index < -0.39 is 0 Å². The van der Waals surface area contributed by atoms with Gasteiger partial charge in [0, 0.05) is 17.9 Å². The summed E-state index contributed by atoms with van der Waals surface area (Å²) in [7, 11) is 0. The van der Waals surface area contributed by atoms with Crippen LogP contribution in [-0.4, -0.2) is 17.4 Å². The van der Waals surface area contributed by atoms with Crippen LogP contribution in [0.2, 0.25) is 0 Å². The van der Waals surface area contributed by atoms with Gasteiger partial charge in [0.15, 0.2) is 0 Å². The molecule has 0 aliphatic heterocycles. The SMILES string of the molecule is CC(C)=N/C(=C(\C)c1ccccc1)c1ccccc1.CCCO. The van der Waals surface area contributed by atoms with Gasteiger partial charge in [0.2, 0.25) is 0 Å². The van der Waals surface area contributed by atoms with Crippen molar-refractivity contribution >= 4 is 17.0 Å². The minimum atomic E-state index is 0.319. The number of nitrogens with zero attached hydrogens (tertiary/aromatic N) is 1. The molecular formula is C21H27NO. The van der Waals surface area contributed by atoms with Crippen LogP contribution >= 0.6 is 0 Å². The maximum atomic E-state index is 7.88. The Morgan fingerprint density at radius 3 is 1.65 bits per heavy atom. The number of aliphatic hydroxyl groups is 1. The number of benzene rings is 2. The summed E-state index contributed by atoms with van der Waals surface area (Å²) < 4.78 is 0. The van der Waals surface area contributed by atoms with Crippen molar-refractivity contribution in [2.24, 2.45) is 4.99 Å². The van der Waals surface area contributed by atoms with Gasteiger partial charge in [0.1, 0.15) is 0 Å². The van der Waals surface area contributed by atoms with E-state index in [0.717, 1.165) is 23.4 Å². The third-order valence-electron chi connectivity index (χ3n) is 3.17. The molecule has 0 fully saturated rings. The second-order valence-corrected chi connectivity index (χ2v) is 5.49. The first-order valence-electron chi connectivity index (χ1n) is 8.04. The minimum Gasteiger partial charge on any atom is -0.396 e. The van der Waals surface area contributed by atoms with Crippen molar-refractivity contribution < 1.29 is 5.11 Å². The van der Waals surface area contributed by atoms with E-state index in [1.165, 1.54) is 11.1 Å². The lowest BCUT2D eigenvalue weighted by atomic mass is 10.0. The molecule has 0 heterocycles. The van der Waals surface area contributed by atoms with Crippen LogP contribution < -0.4 is 0 Å². The van der Waals surface area contributed by atoms with Crippen molar-refractivity contribution in [3.05, 3.63) is 71.8 Å². The highest BCUT2D eigenvalue weighted by Gasteiger charge is 2.06. The largest absolute Gasteiger partial charge is 0.396 e. The molecule has 0 saturated heterocycles. The molecule has 122 valence electrons. The Hall–Kier alpha value is -2.19. The van der Waals surface area contributed by atoms with Crippen LogP contribution in [-0.2, 0) is 0 Å². The quantitative estimate of drug-likeness (QED) is 0.591. The van der Waals surface area contributed by atoms with Crippen LogP contribution in [0.1, 0.15) is 45.2 Å². The highest BCUT2D eigenvalue weighted by atomic mass is 16.2. The number of rotatable bonds is 4. The summed E-state index contributed by atoms with van der Waals surface area (Å²) in [5, 5.41) is 7.88. The Bertz CT molecular complexity index is 621. The molecule has 2 heteroatoms. The van der Waals surface area contributed by atoms with Crippen LogP contribution in [0.4, 0.5) is 0 Å². The maximum absolute atomic E-state index is 7.88. The third-order valence-corrected chi connectivity index (χ3v) is 3.17. The molecule has 0 radical (unpaired) electrons. The Balaban J connectivity index is 0.000000593. The monoisotopic (exact) mass is 309 g/mol. The van der Waals surface area contributed by atoms with E-state index in [1.807, 2.05) is 45.0 Å². The van der Waals surface area contributed by atoms with Crippen molar-refractivity contribution in [2.75, 3.05) is 6.61 Å². The Kier molecular flexibility index (Phi) is 8.63. The normalized spacial score (nSPS) is 11.0. The molecule has 0 bridgehead atoms.